The molecule has 0 amide bonds. The SMILES string of the molecule is C=CCc1ccc(O)c(OC)c1.C=CCc1ccc(O)c(OC)c1.O=C(O)c1ccc(C(=O)O)cc1. The van der Waals surface area contributed by atoms with Gasteiger partial charge in [-0.2, -0.15) is 0 Å². The molecule has 3 aromatic rings. The van der Waals surface area contributed by atoms with Crippen molar-refractivity contribution in [3.63, 3.8) is 0 Å². The minimum atomic E-state index is -1.06. The maximum Gasteiger partial charge on any atom is 0.335 e. The van der Waals surface area contributed by atoms with Crippen molar-refractivity contribution in [2.24, 2.45) is 0 Å². The number of allylic oxidation sites excluding steroid dienone is 2. The van der Waals surface area contributed by atoms with E-state index in [0.29, 0.717) is 11.5 Å². The molecule has 0 aromatic heterocycles. The summed E-state index contributed by atoms with van der Waals surface area (Å²) in [6.45, 7) is 7.26. The lowest BCUT2D eigenvalue weighted by Crippen LogP contribution is -1.99. The van der Waals surface area contributed by atoms with Crippen molar-refractivity contribution < 1.29 is 39.5 Å². The van der Waals surface area contributed by atoms with Gasteiger partial charge in [0.25, 0.3) is 0 Å². The molecule has 8 heteroatoms. The molecule has 190 valence electrons. The third-order valence-electron chi connectivity index (χ3n) is 4.63. The van der Waals surface area contributed by atoms with Gasteiger partial charge in [-0.1, -0.05) is 24.3 Å². The van der Waals surface area contributed by atoms with Crippen molar-refractivity contribution in [2.45, 2.75) is 12.8 Å². The molecule has 36 heavy (non-hydrogen) atoms. The van der Waals surface area contributed by atoms with Crippen LogP contribution in [0, 0.1) is 0 Å². The summed E-state index contributed by atoms with van der Waals surface area (Å²) in [6, 6.07) is 15.6. The van der Waals surface area contributed by atoms with Gasteiger partial charge in [0.15, 0.2) is 23.0 Å². The van der Waals surface area contributed by atoms with Crippen LogP contribution in [-0.2, 0) is 12.8 Å². The highest BCUT2D eigenvalue weighted by molar-refractivity contribution is 5.91. The van der Waals surface area contributed by atoms with Crippen LogP contribution in [0.4, 0.5) is 0 Å². The molecule has 3 rings (SSSR count). The molecule has 0 atom stereocenters. The maximum absolute atomic E-state index is 10.3. The van der Waals surface area contributed by atoms with Gasteiger partial charge in [-0.25, -0.2) is 9.59 Å². The summed E-state index contributed by atoms with van der Waals surface area (Å²) in [5.74, 6) is -0.766. The molecule has 8 nitrogen and oxygen atoms in total. The summed E-state index contributed by atoms with van der Waals surface area (Å²) in [7, 11) is 3.07. The number of aromatic hydroxyl groups is 2. The maximum atomic E-state index is 10.3. The molecule has 0 bridgehead atoms. The summed E-state index contributed by atoms with van der Waals surface area (Å²) in [5, 5.41) is 35.4. The highest BCUT2D eigenvalue weighted by Gasteiger charge is 2.05. The Morgan fingerprint density at radius 2 is 1.03 bits per heavy atom. The zero-order valence-electron chi connectivity index (χ0n) is 20.2. The van der Waals surface area contributed by atoms with Gasteiger partial charge in [-0.15, -0.1) is 13.2 Å². The van der Waals surface area contributed by atoms with Crippen LogP contribution < -0.4 is 9.47 Å². The van der Waals surface area contributed by atoms with Crippen molar-refractivity contribution in [1.29, 1.82) is 0 Å². The largest absolute Gasteiger partial charge is 0.504 e. The van der Waals surface area contributed by atoms with E-state index >= 15 is 0 Å². The van der Waals surface area contributed by atoms with Gasteiger partial charge < -0.3 is 29.9 Å². The predicted octanol–water partition coefficient (Wildman–Crippen LogP) is 5.34. The van der Waals surface area contributed by atoms with Crippen LogP contribution in [0.2, 0.25) is 0 Å². The van der Waals surface area contributed by atoms with Crippen LogP contribution in [-0.4, -0.2) is 46.6 Å². The third kappa shape index (κ3) is 9.64. The van der Waals surface area contributed by atoms with Crippen LogP contribution >= 0.6 is 0 Å². The van der Waals surface area contributed by atoms with Gasteiger partial charge in [-0.05, 0) is 72.5 Å². The average molecular weight is 495 g/mol. The summed E-state index contributed by atoms with van der Waals surface area (Å²) >= 11 is 0. The average Bonchev–Trinajstić information content (AvgIpc) is 2.87. The van der Waals surface area contributed by atoms with E-state index in [-0.39, 0.29) is 22.6 Å². The Morgan fingerprint density at radius 1 is 0.694 bits per heavy atom. The van der Waals surface area contributed by atoms with E-state index in [1.54, 1.807) is 24.3 Å². The highest BCUT2D eigenvalue weighted by atomic mass is 16.5. The molecule has 0 spiro atoms. The normalized spacial score (nSPS) is 9.39. The molecule has 4 N–H and O–H groups in total. The van der Waals surface area contributed by atoms with Gasteiger partial charge in [0.05, 0.1) is 25.3 Å². The molecular weight excluding hydrogens is 464 g/mol. The second-order valence-corrected chi connectivity index (χ2v) is 7.19. The van der Waals surface area contributed by atoms with Crippen molar-refractivity contribution in [3.8, 4) is 23.0 Å². The first-order valence-electron chi connectivity index (χ1n) is 10.7. The van der Waals surface area contributed by atoms with E-state index in [1.807, 2.05) is 24.3 Å². The van der Waals surface area contributed by atoms with Crippen LogP contribution in [0.3, 0.4) is 0 Å². The first-order valence-corrected chi connectivity index (χ1v) is 10.7. The number of hydrogen-bond acceptors (Lipinski definition) is 6. The topological polar surface area (TPSA) is 134 Å². The second kappa shape index (κ2) is 15.2. The van der Waals surface area contributed by atoms with E-state index in [1.165, 1.54) is 38.5 Å². The highest BCUT2D eigenvalue weighted by Crippen LogP contribution is 2.27. The Labute approximate surface area is 210 Å². The van der Waals surface area contributed by atoms with Gasteiger partial charge in [0.2, 0.25) is 0 Å². The fourth-order valence-corrected chi connectivity index (χ4v) is 2.79. The van der Waals surface area contributed by atoms with Crippen molar-refractivity contribution in [1.82, 2.24) is 0 Å². The van der Waals surface area contributed by atoms with E-state index < -0.39 is 11.9 Å². The first-order chi connectivity index (χ1) is 17.2. The standard InChI is InChI=1S/2C10H12O2.C8H6O4/c2*1-3-4-8-5-6-9(11)10(7-8)12-2;9-7(10)5-1-2-6(4-3-5)8(11)12/h2*3,5-7,11H,1,4H2,2H3;1-4H,(H,9,10)(H,11,12). The second-order valence-electron chi connectivity index (χ2n) is 7.19. The van der Waals surface area contributed by atoms with E-state index in [9.17, 15) is 19.8 Å². The summed E-state index contributed by atoms with van der Waals surface area (Å²) in [6.07, 6.45) is 5.20. The number of ether oxygens (including phenoxy) is 2. The van der Waals surface area contributed by atoms with E-state index in [4.69, 9.17) is 19.7 Å². The molecule has 0 saturated carbocycles. The number of phenolic OH excluding ortho intramolecular Hbond substituents is 2. The van der Waals surface area contributed by atoms with E-state index in [2.05, 4.69) is 13.2 Å². The number of benzene rings is 3. The van der Waals surface area contributed by atoms with Crippen molar-refractivity contribution >= 4 is 11.9 Å². The molecule has 0 unspecified atom stereocenters. The smallest absolute Gasteiger partial charge is 0.335 e. The van der Waals surface area contributed by atoms with Crippen LogP contribution in [0.25, 0.3) is 0 Å². The molecule has 0 aliphatic rings. The van der Waals surface area contributed by atoms with Crippen LogP contribution in [0.5, 0.6) is 23.0 Å². The lowest BCUT2D eigenvalue weighted by atomic mass is 10.1. The molecule has 0 radical (unpaired) electrons. The van der Waals surface area contributed by atoms with Gasteiger partial charge in [0, 0.05) is 0 Å². The van der Waals surface area contributed by atoms with Crippen molar-refractivity contribution in [3.05, 3.63) is 108 Å². The monoisotopic (exact) mass is 494 g/mol. The summed E-state index contributed by atoms with van der Waals surface area (Å²) < 4.78 is 9.90. The van der Waals surface area contributed by atoms with Gasteiger partial charge >= 0.3 is 11.9 Å². The number of rotatable bonds is 8. The number of carboxylic acids is 2. The lowest BCUT2D eigenvalue weighted by molar-refractivity contribution is 0.0681. The Hall–Kier alpha value is -4.72. The number of carbonyl (C=O) groups is 2. The summed E-state index contributed by atoms with van der Waals surface area (Å²) in [4.78, 5) is 20.7. The Balaban J connectivity index is 0.000000270. The molecule has 0 fully saturated rings. The molecule has 0 aliphatic heterocycles. The molecule has 0 heterocycles. The minimum Gasteiger partial charge on any atom is -0.504 e. The zero-order valence-corrected chi connectivity index (χ0v) is 20.2. The van der Waals surface area contributed by atoms with Crippen LogP contribution in [0.1, 0.15) is 31.8 Å². The molecular formula is C28H30O8. The quantitative estimate of drug-likeness (QED) is 0.308. The lowest BCUT2D eigenvalue weighted by Gasteiger charge is -2.04. The van der Waals surface area contributed by atoms with Gasteiger partial charge in [-0.3, -0.25) is 0 Å². The minimum absolute atomic E-state index is 0.0833. The number of phenols is 2. The number of carboxylic acid groups (broad SMARTS) is 2. The summed E-state index contributed by atoms with van der Waals surface area (Å²) in [5.41, 5.74) is 2.33. The fraction of sp³-hybridized carbons (Fsp3) is 0.143. The molecule has 0 aliphatic carbocycles. The zero-order chi connectivity index (χ0) is 27.1. The molecule has 0 saturated heterocycles. The first kappa shape index (κ1) is 29.3. The Kier molecular flexibility index (Phi) is 12.4. The fourth-order valence-electron chi connectivity index (χ4n) is 2.79. The van der Waals surface area contributed by atoms with Crippen LogP contribution in [0.15, 0.2) is 86.0 Å². The number of hydrogen-bond donors (Lipinski definition) is 4. The predicted molar refractivity (Wildman–Crippen MR) is 137 cm³/mol. The number of methoxy groups -OCH3 is 2. The molecule has 3 aromatic carbocycles. The van der Waals surface area contributed by atoms with Gasteiger partial charge in [0.1, 0.15) is 0 Å². The Morgan fingerprint density at radius 3 is 1.28 bits per heavy atom. The Bertz CT molecular complexity index is 1070. The van der Waals surface area contributed by atoms with E-state index in [0.717, 1.165) is 24.0 Å². The third-order valence-corrected chi connectivity index (χ3v) is 4.63. The number of aromatic carboxylic acids is 2. The van der Waals surface area contributed by atoms with Crippen molar-refractivity contribution in [2.75, 3.05) is 14.2 Å².